The molecular formula is C14H27N. The molecule has 1 nitrogen and oxygen atoms in total. The lowest BCUT2D eigenvalue weighted by Crippen LogP contribution is -2.25. The van der Waals surface area contributed by atoms with Crippen molar-refractivity contribution in [2.45, 2.75) is 59.3 Å². The molecule has 0 heterocycles. The minimum Gasteiger partial charge on any atom is -0.389 e. The standard InChI is InChI=1S/C14H27N/c1-12(10-14(2,3)4)15-11-13-8-6-5-7-9-13/h13,15H,1,5-11H2,2-4H3. The molecule has 15 heavy (non-hydrogen) atoms. The van der Waals surface area contributed by atoms with Gasteiger partial charge in [0.1, 0.15) is 0 Å². The average Bonchev–Trinajstić information content (AvgIpc) is 2.14. The fourth-order valence-corrected chi connectivity index (χ4v) is 2.38. The van der Waals surface area contributed by atoms with E-state index < -0.39 is 0 Å². The van der Waals surface area contributed by atoms with Crippen LogP contribution >= 0.6 is 0 Å². The fraction of sp³-hybridized carbons (Fsp3) is 0.857. The molecule has 0 atom stereocenters. The first-order valence-corrected chi connectivity index (χ1v) is 6.39. The monoisotopic (exact) mass is 209 g/mol. The summed E-state index contributed by atoms with van der Waals surface area (Å²) in [6.07, 6.45) is 8.21. The first-order valence-electron chi connectivity index (χ1n) is 6.39. The van der Waals surface area contributed by atoms with Crippen molar-refractivity contribution in [2.24, 2.45) is 11.3 Å². The van der Waals surface area contributed by atoms with Gasteiger partial charge in [-0.2, -0.15) is 0 Å². The first kappa shape index (κ1) is 12.6. The molecule has 0 bridgehead atoms. The summed E-state index contributed by atoms with van der Waals surface area (Å²) < 4.78 is 0. The molecular weight excluding hydrogens is 182 g/mol. The zero-order valence-corrected chi connectivity index (χ0v) is 10.7. The molecule has 1 N–H and O–H groups in total. The van der Waals surface area contributed by atoms with Crippen LogP contribution in [-0.4, -0.2) is 6.54 Å². The highest BCUT2D eigenvalue weighted by molar-refractivity contribution is 4.95. The van der Waals surface area contributed by atoms with Gasteiger partial charge in [-0.3, -0.25) is 0 Å². The van der Waals surface area contributed by atoms with E-state index in [9.17, 15) is 0 Å². The summed E-state index contributed by atoms with van der Waals surface area (Å²) in [4.78, 5) is 0. The highest BCUT2D eigenvalue weighted by Gasteiger charge is 2.15. The summed E-state index contributed by atoms with van der Waals surface area (Å²) in [5.74, 6) is 0.899. The van der Waals surface area contributed by atoms with Crippen LogP contribution in [0.3, 0.4) is 0 Å². The molecule has 1 rings (SSSR count). The van der Waals surface area contributed by atoms with Crippen molar-refractivity contribution in [3.63, 3.8) is 0 Å². The van der Waals surface area contributed by atoms with E-state index in [0.29, 0.717) is 5.41 Å². The van der Waals surface area contributed by atoms with Gasteiger partial charge < -0.3 is 5.32 Å². The lowest BCUT2D eigenvalue weighted by molar-refractivity contribution is 0.340. The zero-order valence-electron chi connectivity index (χ0n) is 10.7. The van der Waals surface area contributed by atoms with Crippen molar-refractivity contribution < 1.29 is 0 Å². The molecule has 1 aliphatic rings. The summed E-state index contributed by atoms with van der Waals surface area (Å²) in [6.45, 7) is 12.1. The van der Waals surface area contributed by atoms with Crippen molar-refractivity contribution in [3.8, 4) is 0 Å². The van der Waals surface area contributed by atoms with Crippen LogP contribution < -0.4 is 5.32 Å². The second-order valence-electron chi connectivity index (χ2n) is 6.23. The van der Waals surface area contributed by atoms with Crippen LogP contribution in [0.15, 0.2) is 12.3 Å². The van der Waals surface area contributed by atoms with Crippen molar-refractivity contribution >= 4 is 0 Å². The molecule has 1 heteroatoms. The molecule has 0 aromatic carbocycles. The first-order chi connectivity index (χ1) is 6.97. The maximum Gasteiger partial charge on any atom is 0.0172 e. The normalized spacial score (nSPS) is 18.9. The van der Waals surface area contributed by atoms with E-state index in [-0.39, 0.29) is 0 Å². The van der Waals surface area contributed by atoms with Gasteiger partial charge >= 0.3 is 0 Å². The Morgan fingerprint density at radius 3 is 2.33 bits per heavy atom. The number of hydrogen-bond acceptors (Lipinski definition) is 1. The van der Waals surface area contributed by atoms with Crippen LogP contribution in [0.4, 0.5) is 0 Å². The molecule has 0 aromatic heterocycles. The van der Waals surface area contributed by atoms with E-state index in [2.05, 4.69) is 32.7 Å². The predicted molar refractivity (Wildman–Crippen MR) is 67.8 cm³/mol. The number of allylic oxidation sites excluding steroid dienone is 1. The zero-order chi connectivity index (χ0) is 11.3. The minimum atomic E-state index is 0.358. The molecule has 1 saturated carbocycles. The maximum absolute atomic E-state index is 4.11. The van der Waals surface area contributed by atoms with Crippen LogP contribution in [0, 0.1) is 11.3 Å². The van der Waals surface area contributed by atoms with Gasteiger partial charge in [-0.05, 0) is 30.6 Å². The van der Waals surface area contributed by atoms with Crippen molar-refractivity contribution in [2.75, 3.05) is 6.54 Å². The second-order valence-corrected chi connectivity index (χ2v) is 6.23. The Labute approximate surface area is 95.3 Å². The topological polar surface area (TPSA) is 12.0 Å². The highest BCUT2D eigenvalue weighted by Crippen LogP contribution is 2.25. The lowest BCUT2D eigenvalue weighted by atomic mass is 9.88. The van der Waals surface area contributed by atoms with Crippen LogP contribution in [0.5, 0.6) is 0 Å². The quantitative estimate of drug-likeness (QED) is 0.735. The Bertz CT molecular complexity index is 194. The Hall–Kier alpha value is -0.460. The van der Waals surface area contributed by atoms with Crippen LogP contribution in [0.25, 0.3) is 0 Å². The summed E-state index contributed by atoms with van der Waals surface area (Å²) in [5.41, 5.74) is 1.57. The summed E-state index contributed by atoms with van der Waals surface area (Å²) >= 11 is 0. The van der Waals surface area contributed by atoms with Crippen LogP contribution in [-0.2, 0) is 0 Å². The van der Waals surface area contributed by atoms with Gasteiger partial charge in [0.15, 0.2) is 0 Å². The summed E-state index contributed by atoms with van der Waals surface area (Å²) in [6, 6.07) is 0. The predicted octanol–water partition coefficient (Wildman–Crippen LogP) is 4.11. The van der Waals surface area contributed by atoms with Crippen molar-refractivity contribution in [3.05, 3.63) is 12.3 Å². The van der Waals surface area contributed by atoms with Gasteiger partial charge in [0.05, 0.1) is 0 Å². The fourth-order valence-electron chi connectivity index (χ4n) is 2.38. The molecule has 0 unspecified atom stereocenters. The molecule has 0 aliphatic heterocycles. The van der Waals surface area contributed by atoms with Gasteiger partial charge in [0, 0.05) is 12.2 Å². The average molecular weight is 209 g/mol. The summed E-state index contributed by atoms with van der Waals surface area (Å²) in [5, 5.41) is 3.51. The molecule has 1 fully saturated rings. The molecule has 0 spiro atoms. The van der Waals surface area contributed by atoms with Crippen LogP contribution in [0.2, 0.25) is 0 Å². The largest absolute Gasteiger partial charge is 0.389 e. The van der Waals surface area contributed by atoms with Gasteiger partial charge in [0.25, 0.3) is 0 Å². The Kier molecular flexibility index (Phi) is 4.69. The third-order valence-electron chi connectivity index (χ3n) is 3.11. The van der Waals surface area contributed by atoms with Gasteiger partial charge in [-0.25, -0.2) is 0 Å². The Balaban J connectivity index is 2.15. The van der Waals surface area contributed by atoms with Gasteiger partial charge in [-0.1, -0.05) is 46.6 Å². The Morgan fingerprint density at radius 2 is 1.80 bits per heavy atom. The van der Waals surface area contributed by atoms with E-state index in [1.165, 1.54) is 37.8 Å². The third kappa shape index (κ3) is 5.86. The minimum absolute atomic E-state index is 0.358. The van der Waals surface area contributed by atoms with E-state index in [1.54, 1.807) is 0 Å². The van der Waals surface area contributed by atoms with Crippen molar-refractivity contribution in [1.29, 1.82) is 0 Å². The van der Waals surface area contributed by atoms with E-state index in [1.807, 2.05) is 0 Å². The highest BCUT2D eigenvalue weighted by atomic mass is 14.9. The van der Waals surface area contributed by atoms with E-state index in [4.69, 9.17) is 0 Å². The van der Waals surface area contributed by atoms with Crippen molar-refractivity contribution in [1.82, 2.24) is 5.32 Å². The van der Waals surface area contributed by atoms with Crippen LogP contribution in [0.1, 0.15) is 59.3 Å². The molecule has 0 saturated heterocycles. The van der Waals surface area contributed by atoms with E-state index in [0.717, 1.165) is 18.9 Å². The SMILES string of the molecule is C=C(CC(C)(C)C)NCC1CCCCC1. The van der Waals surface area contributed by atoms with E-state index >= 15 is 0 Å². The Morgan fingerprint density at radius 1 is 1.20 bits per heavy atom. The molecule has 88 valence electrons. The molecule has 0 radical (unpaired) electrons. The molecule has 0 aromatic rings. The molecule has 0 amide bonds. The molecule has 1 aliphatic carbocycles. The summed E-state index contributed by atoms with van der Waals surface area (Å²) in [7, 11) is 0. The number of hydrogen-bond donors (Lipinski definition) is 1. The number of nitrogens with one attached hydrogen (secondary N) is 1. The van der Waals surface area contributed by atoms with Gasteiger partial charge in [-0.15, -0.1) is 0 Å². The van der Waals surface area contributed by atoms with Gasteiger partial charge in [0.2, 0.25) is 0 Å². The smallest absolute Gasteiger partial charge is 0.0172 e. The number of rotatable bonds is 4. The third-order valence-corrected chi connectivity index (χ3v) is 3.11. The lowest BCUT2D eigenvalue weighted by Gasteiger charge is -2.25. The maximum atomic E-state index is 4.11. The second kappa shape index (κ2) is 5.58.